The van der Waals surface area contributed by atoms with Crippen LogP contribution in [0, 0.1) is 35.5 Å². The molecule has 0 rings (SSSR count). The number of phosphoric acid groups is 6. The molecule has 0 fully saturated rings. The molecule has 0 aromatic rings. The Bertz CT molecular complexity index is 1820. The van der Waals surface area contributed by atoms with E-state index in [0.717, 1.165) is 151 Å². The molecule has 0 aromatic carbocycles. The van der Waals surface area contributed by atoms with Gasteiger partial charge in [0.1, 0.15) is 0 Å². The Kier molecular flexibility index (Phi) is 82.4. The summed E-state index contributed by atoms with van der Waals surface area (Å²) in [6.07, 6.45) is 60.2. The van der Waals surface area contributed by atoms with E-state index in [1.54, 1.807) is 0 Å². The summed E-state index contributed by atoms with van der Waals surface area (Å²) in [5.74, 6) is 4.68. The summed E-state index contributed by atoms with van der Waals surface area (Å²) in [7, 11) is -27.7. The fourth-order valence-corrected chi connectivity index (χ4v) is 18.3. The summed E-state index contributed by atoms with van der Waals surface area (Å²) in [4.78, 5) is 58.2. The molecule has 6 N–H and O–H groups in total. The average molecular weight is 1720 g/mol. The van der Waals surface area contributed by atoms with E-state index in [2.05, 4.69) is 96.0 Å². The Morgan fingerprint density at radius 2 is 0.264 bits per heavy atom. The molecule has 0 aromatic heterocycles. The molecule has 0 aliphatic rings. The summed E-state index contributed by atoms with van der Waals surface area (Å²) >= 11 is 0. The molecular weight excluding hydrogens is 1550 g/mol. The minimum absolute atomic E-state index is 0. The van der Waals surface area contributed by atoms with Gasteiger partial charge in [-0.05, 0) is 74.0 Å². The molecule has 6 atom stereocenters. The predicted octanol–water partition coefficient (Wildman–Crippen LogP) is 28.9. The van der Waals surface area contributed by atoms with Gasteiger partial charge in [-0.15, -0.1) is 0 Å². The number of hydrogen-bond donors (Lipinski definition) is 6. The quantitative estimate of drug-likeness (QED) is 0.0243. The van der Waals surface area contributed by atoms with Crippen LogP contribution < -0.4 is 0 Å². The van der Waals surface area contributed by atoms with E-state index in [9.17, 15) is 56.8 Å². The zero-order valence-corrected chi connectivity index (χ0v) is 77.7. The van der Waals surface area contributed by atoms with Gasteiger partial charge in [-0.25, -0.2) is 27.4 Å². The molecule has 0 spiro atoms. The zero-order valence-electron chi connectivity index (χ0n) is 71.9. The first-order valence-corrected chi connectivity index (χ1v) is 51.6. The summed E-state index contributed by atoms with van der Waals surface area (Å²) in [5.41, 5.74) is 0. The molecule has 0 radical (unpaired) electrons. The maximum atomic E-state index is 11.9. The smallest absolute Gasteiger partial charge is 0.302 e. The summed E-state index contributed by atoms with van der Waals surface area (Å²) in [6, 6.07) is 0. The van der Waals surface area contributed by atoms with Crippen molar-refractivity contribution in [2.75, 3.05) is 39.6 Å². The molecule has 0 aliphatic heterocycles. The fraction of sp³-hybridized carbons (Fsp3) is 1.00. The molecule has 0 saturated heterocycles. The first-order valence-electron chi connectivity index (χ1n) is 42.6. The van der Waals surface area contributed by atoms with E-state index in [1.165, 1.54) is 193 Å². The van der Waals surface area contributed by atoms with Gasteiger partial charge in [0.25, 0.3) is 0 Å². The Morgan fingerprint density at radius 3 is 0.358 bits per heavy atom. The average Bonchev–Trinajstić information content (AvgIpc) is 0.884. The fourth-order valence-electron chi connectivity index (χ4n) is 11.9. The van der Waals surface area contributed by atoms with Crippen molar-refractivity contribution in [3.63, 3.8) is 0 Å². The monoisotopic (exact) mass is 1720 g/mol. The standard InChI is InChI=1S/3C26H56O7P2.Zr/c3*1-25(2)21-17-13-9-5-7-11-15-19-23-31-34(27,28)33-35(29,30)32-24-20-16-12-8-6-10-14-18-22-26(3)4;/h3*25-26H,5-24H2,1-4H3,(H,27,28)(H,29,30);/p+2. The second-order valence-corrected chi connectivity index (χ2v) is 41.3. The number of hydrogen-bond acceptors (Lipinski definition) is 15. The van der Waals surface area contributed by atoms with Crippen LogP contribution in [-0.2, 0) is 93.7 Å². The molecule has 21 nitrogen and oxygen atoms in total. The minimum atomic E-state index is -4.62. The minimum Gasteiger partial charge on any atom is -0.302 e. The van der Waals surface area contributed by atoms with Gasteiger partial charge in [0.2, 0.25) is 0 Å². The van der Waals surface area contributed by atoms with Crippen molar-refractivity contribution < 1.29 is 126 Å². The van der Waals surface area contributed by atoms with Gasteiger partial charge >= 0.3 is 49.8 Å². The van der Waals surface area contributed by atoms with Gasteiger partial charge in [0, 0.05) is 26.2 Å². The zero-order chi connectivity index (χ0) is 79.3. The van der Waals surface area contributed by atoms with E-state index in [0.29, 0.717) is 38.5 Å². The molecule has 6 unspecified atom stereocenters. The number of phosphoric ester groups is 6. The van der Waals surface area contributed by atoms with Crippen LogP contribution in [-0.4, -0.2) is 69.0 Å². The van der Waals surface area contributed by atoms with Crippen LogP contribution in [0.1, 0.15) is 433 Å². The molecule has 640 valence electrons. The van der Waals surface area contributed by atoms with Gasteiger partial charge in [-0.1, -0.05) is 391 Å². The molecule has 0 bridgehead atoms. The van der Waals surface area contributed by atoms with Crippen LogP contribution in [0.5, 0.6) is 0 Å². The topological polar surface area (TPSA) is 307 Å². The van der Waals surface area contributed by atoms with Crippen LogP contribution in [0.15, 0.2) is 0 Å². The molecule has 28 heteroatoms. The third-order valence-corrected chi connectivity index (χ3v) is 26.2. The van der Waals surface area contributed by atoms with E-state index >= 15 is 0 Å². The van der Waals surface area contributed by atoms with Gasteiger partial charge in [0.15, 0.2) is 0 Å². The van der Waals surface area contributed by atoms with Crippen LogP contribution in [0.4, 0.5) is 0 Å². The summed E-state index contributed by atoms with van der Waals surface area (Å²) < 4.78 is 114. The van der Waals surface area contributed by atoms with Crippen molar-refractivity contribution in [3.05, 3.63) is 0 Å². The van der Waals surface area contributed by atoms with E-state index in [-0.39, 0.29) is 68.7 Å². The van der Waals surface area contributed by atoms with Gasteiger partial charge in [-0.2, -0.15) is 12.9 Å². The third-order valence-electron chi connectivity index (χ3n) is 18.2. The van der Waals surface area contributed by atoms with Crippen molar-refractivity contribution in [1.29, 1.82) is 0 Å². The van der Waals surface area contributed by atoms with Crippen LogP contribution >= 0.6 is 46.9 Å². The Labute approximate surface area is 673 Å². The van der Waals surface area contributed by atoms with Crippen molar-refractivity contribution in [2.45, 2.75) is 430 Å². The van der Waals surface area contributed by atoms with E-state index in [4.69, 9.17) is 27.1 Å². The van der Waals surface area contributed by atoms with E-state index < -0.39 is 46.9 Å². The number of unbranched alkanes of at least 4 members (excludes halogenated alkanes) is 42. The van der Waals surface area contributed by atoms with Crippen LogP contribution in [0.3, 0.4) is 0 Å². The van der Waals surface area contributed by atoms with Crippen molar-refractivity contribution >= 4 is 46.9 Å². The van der Waals surface area contributed by atoms with Crippen molar-refractivity contribution in [2.24, 2.45) is 35.5 Å². The maximum absolute atomic E-state index is 11.9. The maximum Gasteiger partial charge on any atom is 1.00 e. The van der Waals surface area contributed by atoms with E-state index in [1.807, 2.05) is 0 Å². The van der Waals surface area contributed by atoms with Crippen LogP contribution in [0.25, 0.3) is 0 Å². The van der Waals surface area contributed by atoms with Crippen LogP contribution in [0.2, 0.25) is 0 Å². The van der Waals surface area contributed by atoms with Crippen molar-refractivity contribution in [1.82, 2.24) is 0 Å². The Hall–Kier alpha value is 1.66. The summed E-state index contributed by atoms with van der Waals surface area (Å²) in [5, 5.41) is 0. The van der Waals surface area contributed by atoms with Gasteiger partial charge < -0.3 is 29.4 Å². The first kappa shape index (κ1) is 114. The third kappa shape index (κ3) is 96.2. The predicted molar refractivity (Wildman–Crippen MR) is 438 cm³/mol. The van der Waals surface area contributed by atoms with Gasteiger partial charge in [0.05, 0.1) is 39.6 Å². The van der Waals surface area contributed by atoms with Crippen molar-refractivity contribution in [3.8, 4) is 0 Å². The largest absolute Gasteiger partial charge is 1.00 e. The number of rotatable bonds is 78. The second-order valence-electron chi connectivity index (χ2n) is 32.1. The molecule has 0 heterocycles. The summed E-state index contributed by atoms with van der Waals surface area (Å²) in [6.45, 7) is 27.1. The molecular formula is C78H170O21P6Zr+2. The van der Waals surface area contributed by atoms with Gasteiger partial charge in [-0.3, -0.25) is 27.1 Å². The SMILES string of the molecule is CC(C)CCCCCCCCCCOP(=O)(O)OP(=O)(O)OCCCCCCCCCCC(C)C.CC(C)CCCCCCCCCCOP(=O)(O)OP(=O)(O)OCCCCCCCCCCC(C)C.CC(C)CCCCCCCCCCOP(=O)(O)OP(=O)(O)OCCCCCCCCCCC(C)C.[H+].[H+].[Zr]. The molecule has 106 heavy (non-hydrogen) atoms. The molecule has 0 saturated carbocycles. The Morgan fingerprint density at radius 1 is 0.179 bits per heavy atom. The normalized spacial score (nSPS) is 15.4. The second kappa shape index (κ2) is 76.6. The molecule has 0 amide bonds. The molecule has 0 aliphatic carbocycles. The first-order chi connectivity index (χ1) is 49.6. The Balaban J connectivity index is -0.000000356.